The number of hydrogen-bond donors (Lipinski definition) is 0. The van der Waals surface area contributed by atoms with Gasteiger partial charge in [-0.3, -0.25) is 0 Å². The summed E-state index contributed by atoms with van der Waals surface area (Å²) in [5.41, 5.74) is -0.198. The van der Waals surface area contributed by atoms with Gasteiger partial charge in [0.05, 0.1) is 14.2 Å². The fraction of sp³-hybridized carbons (Fsp3) is 0.250. The molecule has 0 aliphatic carbocycles. The molecular formula is C8H7ClN2O4. The van der Waals surface area contributed by atoms with E-state index in [0.29, 0.717) is 0 Å². The first kappa shape index (κ1) is 11.4. The van der Waals surface area contributed by atoms with E-state index >= 15 is 0 Å². The average molecular weight is 231 g/mol. The summed E-state index contributed by atoms with van der Waals surface area (Å²) in [4.78, 5) is 29.4. The number of carbonyl (C=O) groups excluding carboxylic acids is 2. The number of nitrogens with zero attached hydrogens (tertiary/aromatic N) is 2. The fourth-order valence-corrected chi connectivity index (χ4v) is 1.02. The first-order valence-corrected chi connectivity index (χ1v) is 4.17. The second kappa shape index (κ2) is 4.70. The molecule has 0 fully saturated rings. The molecule has 0 aliphatic rings. The van der Waals surface area contributed by atoms with E-state index in [9.17, 15) is 9.59 Å². The number of aromatic nitrogens is 2. The highest BCUT2D eigenvalue weighted by Crippen LogP contribution is 2.08. The van der Waals surface area contributed by atoms with Crippen molar-refractivity contribution in [3.8, 4) is 0 Å². The van der Waals surface area contributed by atoms with E-state index in [2.05, 4.69) is 19.4 Å². The molecule has 0 amide bonds. The van der Waals surface area contributed by atoms with E-state index < -0.39 is 11.9 Å². The van der Waals surface area contributed by atoms with Crippen molar-refractivity contribution in [3.05, 3.63) is 22.7 Å². The SMILES string of the molecule is COC(=O)c1cc(C(=O)OC)nc(Cl)n1. The predicted octanol–water partition coefficient (Wildman–Crippen LogP) is 0.703. The van der Waals surface area contributed by atoms with Gasteiger partial charge in [0.1, 0.15) is 0 Å². The first-order chi connectivity index (χ1) is 7.08. The van der Waals surface area contributed by atoms with Crippen LogP contribution in [0, 0.1) is 0 Å². The van der Waals surface area contributed by atoms with Gasteiger partial charge < -0.3 is 9.47 Å². The van der Waals surface area contributed by atoms with Crippen molar-refractivity contribution in [2.75, 3.05) is 14.2 Å². The topological polar surface area (TPSA) is 78.4 Å². The fourth-order valence-electron chi connectivity index (χ4n) is 0.836. The Morgan fingerprint density at radius 3 is 1.87 bits per heavy atom. The van der Waals surface area contributed by atoms with Gasteiger partial charge in [0, 0.05) is 6.07 Å². The van der Waals surface area contributed by atoms with Crippen LogP contribution in [-0.2, 0) is 9.47 Å². The van der Waals surface area contributed by atoms with Gasteiger partial charge in [-0.25, -0.2) is 19.6 Å². The Bertz CT molecular complexity index is 373. The maximum Gasteiger partial charge on any atom is 0.356 e. The summed E-state index contributed by atoms with van der Waals surface area (Å²) in [5, 5.41) is -0.224. The average Bonchev–Trinajstić information content (AvgIpc) is 2.26. The van der Waals surface area contributed by atoms with E-state index in [-0.39, 0.29) is 16.7 Å². The third-order valence-electron chi connectivity index (χ3n) is 1.49. The number of methoxy groups -OCH3 is 2. The van der Waals surface area contributed by atoms with E-state index in [4.69, 9.17) is 11.6 Å². The molecule has 1 rings (SSSR count). The van der Waals surface area contributed by atoms with Crippen molar-refractivity contribution >= 4 is 23.5 Å². The van der Waals surface area contributed by atoms with Crippen LogP contribution < -0.4 is 0 Å². The second-order valence-corrected chi connectivity index (χ2v) is 2.73. The van der Waals surface area contributed by atoms with Gasteiger partial charge in [-0.1, -0.05) is 0 Å². The zero-order valence-electron chi connectivity index (χ0n) is 7.98. The van der Waals surface area contributed by atoms with Crippen molar-refractivity contribution in [1.29, 1.82) is 0 Å². The maximum atomic E-state index is 11.1. The van der Waals surface area contributed by atoms with Gasteiger partial charge in [-0.2, -0.15) is 0 Å². The molecule has 1 aromatic rings. The second-order valence-electron chi connectivity index (χ2n) is 2.39. The molecule has 1 heterocycles. The van der Waals surface area contributed by atoms with Crippen LogP contribution in [0.5, 0.6) is 0 Å². The Balaban J connectivity index is 3.16. The van der Waals surface area contributed by atoms with Crippen LogP contribution >= 0.6 is 11.6 Å². The number of esters is 2. The van der Waals surface area contributed by atoms with Crippen molar-refractivity contribution in [2.45, 2.75) is 0 Å². The summed E-state index contributed by atoms with van der Waals surface area (Å²) in [6, 6.07) is 1.14. The Morgan fingerprint density at radius 2 is 1.53 bits per heavy atom. The van der Waals surface area contributed by atoms with Gasteiger partial charge in [-0.05, 0) is 11.6 Å². The summed E-state index contributed by atoms with van der Waals surface area (Å²) >= 11 is 5.51. The van der Waals surface area contributed by atoms with Crippen LogP contribution in [0.4, 0.5) is 0 Å². The Labute approximate surface area is 90.2 Å². The molecule has 15 heavy (non-hydrogen) atoms. The van der Waals surface area contributed by atoms with Crippen LogP contribution in [0.3, 0.4) is 0 Å². The highest BCUT2D eigenvalue weighted by Gasteiger charge is 2.15. The number of carbonyl (C=O) groups is 2. The summed E-state index contributed by atoms with van der Waals surface area (Å²) in [7, 11) is 2.38. The monoisotopic (exact) mass is 230 g/mol. The zero-order valence-corrected chi connectivity index (χ0v) is 8.74. The normalized spacial score (nSPS) is 9.53. The lowest BCUT2D eigenvalue weighted by atomic mass is 10.3. The molecule has 0 aliphatic heterocycles. The molecule has 0 saturated heterocycles. The standard InChI is InChI=1S/C8H7ClN2O4/c1-14-6(12)4-3-5(7(13)15-2)11-8(9)10-4/h3H,1-2H3. The molecule has 0 N–H and O–H groups in total. The number of hydrogen-bond acceptors (Lipinski definition) is 6. The summed E-state index contributed by atoms with van der Waals surface area (Å²) in [6.07, 6.45) is 0. The largest absolute Gasteiger partial charge is 0.464 e. The van der Waals surface area contributed by atoms with Crippen LogP contribution in [0.1, 0.15) is 21.0 Å². The van der Waals surface area contributed by atoms with Crippen molar-refractivity contribution in [2.24, 2.45) is 0 Å². The lowest BCUT2D eigenvalue weighted by Crippen LogP contribution is -2.11. The molecule has 0 bridgehead atoms. The molecule has 1 aromatic heterocycles. The minimum Gasteiger partial charge on any atom is -0.464 e. The molecule has 6 nitrogen and oxygen atoms in total. The van der Waals surface area contributed by atoms with E-state index in [0.717, 1.165) is 6.07 Å². The van der Waals surface area contributed by atoms with Gasteiger partial charge in [0.15, 0.2) is 11.4 Å². The van der Waals surface area contributed by atoms with Crippen molar-refractivity contribution < 1.29 is 19.1 Å². The first-order valence-electron chi connectivity index (χ1n) is 3.79. The summed E-state index contributed by atoms with van der Waals surface area (Å²) in [5.74, 6) is -1.41. The summed E-state index contributed by atoms with van der Waals surface area (Å²) in [6.45, 7) is 0. The molecule has 0 aromatic carbocycles. The van der Waals surface area contributed by atoms with Crippen LogP contribution in [0.2, 0.25) is 5.28 Å². The number of rotatable bonds is 2. The quantitative estimate of drug-likeness (QED) is 0.550. The Kier molecular flexibility index (Phi) is 3.56. The molecule has 80 valence electrons. The van der Waals surface area contributed by atoms with Crippen molar-refractivity contribution in [1.82, 2.24) is 9.97 Å². The summed E-state index contributed by atoms with van der Waals surface area (Å²) < 4.78 is 8.84. The third-order valence-corrected chi connectivity index (χ3v) is 1.66. The molecule has 7 heteroatoms. The van der Waals surface area contributed by atoms with Gasteiger partial charge in [0.25, 0.3) is 0 Å². The highest BCUT2D eigenvalue weighted by atomic mass is 35.5. The number of ether oxygens (including phenoxy) is 2. The molecule has 0 unspecified atom stereocenters. The Hall–Kier alpha value is -1.69. The lowest BCUT2D eigenvalue weighted by molar-refractivity contribution is 0.0590. The van der Waals surface area contributed by atoms with Gasteiger partial charge in [0.2, 0.25) is 5.28 Å². The minimum atomic E-state index is -0.704. The van der Waals surface area contributed by atoms with Crippen LogP contribution in [0.25, 0.3) is 0 Å². The van der Waals surface area contributed by atoms with Gasteiger partial charge in [-0.15, -0.1) is 0 Å². The predicted molar refractivity (Wildman–Crippen MR) is 49.7 cm³/mol. The minimum absolute atomic E-state index is 0.0992. The Morgan fingerprint density at radius 1 is 1.13 bits per heavy atom. The third kappa shape index (κ3) is 2.63. The van der Waals surface area contributed by atoms with Crippen LogP contribution in [-0.4, -0.2) is 36.1 Å². The molecule has 0 radical (unpaired) electrons. The molecule has 0 atom stereocenters. The van der Waals surface area contributed by atoms with Crippen LogP contribution in [0.15, 0.2) is 6.07 Å². The lowest BCUT2D eigenvalue weighted by Gasteiger charge is -2.01. The smallest absolute Gasteiger partial charge is 0.356 e. The highest BCUT2D eigenvalue weighted by molar-refractivity contribution is 6.28. The van der Waals surface area contributed by atoms with Gasteiger partial charge >= 0.3 is 11.9 Å². The van der Waals surface area contributed by atoms with E-state index in [1.807, 2.05) is 0 Å². The van der Waals surface area contributed by atoms with Crippen molar-refractivity contribution in [3.63, 3.8) is 0 Å². The molecular weight excluding hydrogens is 224 g/mol. The molecule has 0 spiro atoms. The zero-order chi connectivity index (χ0) is 11.4. The number of halogens is 1. The molecule has 0 saturated carbocycles. The van der Waals surface area contributed by atoms with E-state index in [1.54, 1.807) is 0 Å². The van der Waals surface area contributed by atoms with E-state index in [1.165, 1.54) is 14.2 Å². The maximum absolute atomic E-state index is 11.1.